The second kappa shape index (κ2) is 5.66. The van der Waals surface area contributed by atoms with Crippen LogP contribution in [0.15, 0.2) is 30.3 Å². The minimum Gasteiger partial charge on any atom is -0.453 e. The van der Waals surface area contributed by atoms with Crippen molar-refractivity contribution in [2.24, 2.45) is 0 Å². The molecule has 2 aromatic rings. The number of benzene rings is 2. The standard InChI is InChI=1S/C14H9F2NO4/c1-8-5-14(11(16)6-12(8)17(19)20)21-13-4-2-3-10(15)9(13)7-18/h2-7H,1H3. The van der Waals surface area contributed by atoms with Crippen molar-refractivity contribution >= 4 is 12.0 Å². The molecule has 0 aromatic heterocycles. The fraction of sp³-hybridized carbons (Fsp3) is 0.0714. The topological polar surface area (TPSA) is 69.4 Å². The van der Waals surface area contributed by atoms with Crippen molar-refractivity contribution in [3.63, 3.8) is 0 Å². The summed E-state index contributed by atoms with van der Waals surface area (Å²) in [6.07, 6.45) is 0.251. The second-order valence-corrected chi connectivity index (χ2v) is 4.20. The Kier molecular flexibility index (Phi) is 3.93. The lowest BCUT2D eigenvalue weighted by atomic mass is 10.1. The number of aryl methyl sites for hydroxylation is 1. The van der Waals surface area contributed by atoms with Gasteiger partial charge in [0.25, 0.3) is 5.69 Å². The van der Waals surface area contributed by atoms with E-state index in [-0.39, 0.29) is 28.9 Å². The average molecular weight is 293 g/mol. The highest BCUT2D eigenvalue weighted by atomic mass is 19.1. The number of rotatable bonds is 4. The van der Waals surface area contributed by atoms with E-state index in [1.54, 1.807) is 0 Å². The van der Waals surface area contributed by atoms with Gasteiger partial charge in [-0.2, -0.15) is 0 Å². The Morgan fingerprint density at radius 1 is 1.19 bits per heavy atom. The first kappa shape index (κ1) is 14.6. The van der Waals surface area contributed by atoms with Crippen LogP contribution in [-0.4, -0.2) is 11.2 Å². The molecule has 0 saturated carbocycles. The van der Waals surface area contributed by atoms with Crippen molar-refractivity contribution in [2.45, 2.75) is 6.92 Å². The lowest BCUT2D eigenvalue weighted by Gasteiger charge is -2.10. The minimum absolute atomic E-state index is 0.169. The van der Waals surface area contributed by atoms with E-state index in [9.17, 15) is 23.7 Å². The van der Waals surface area contributed by atoms with Crippen LogP contribution < -0.4 is 4.74 Å². The molecule has 2 aromatic carbocycles. The molecule has 0 radical (unpaired) electrons. The van der Waals surface area contributed by atoms with Gasteiger partial charge in [0.05, 0.1) is 16.6 Å². The van der Waals surface area contributed by atoms with Gasteiger partial charge in [0.1, 0.15) is 11.6 Å². The molecule has 0 heterocycles. The number of hydrogen-bond acceptors (Lipinski definition) is 4. The van der Waals surface area contributed by atoms with Gasteiger partial charge in [-0.25, -0.2) is 8.78 Å². The third-order valence-electron chi connectivity index (χ3n) is 2.80. The summed E-state index contributed by atoms with van der Waals surface area (Å²) in [5, 5.41) is 10.7. The maximum Gasteiger partial charge on any atom is 0.275 e. The molecular weight excluding hydrogens is 284 g/mol. The fourth-order valence-electron chi connectivity index (χ4n) is 1.76. The van der Waals surface area contributed by atoms with Gasteiger partial charge in [-0.1, -0.05) is 6.07 Å². The highest BCUT2D eigenvalue weighted by molar-refractivity contribution is 5.79. The molecule has 0 unspecified atom stereocenters. The molecule has 21 heavy (non-hydrogen) atoms. The predicted molar refractivity (Wildman–Crippen MR) is 69.7 cm³/mol. The quantitative estimate of drug-likeness (QED) is 0.488. The summed E-state index contributed by atoms with van der Waals surface area (Å²) in [6, 6.07) is 5.49. The van der Waals surface area contributed by atoms with Gasteiger partial charge in [0.2, 0.25) is 0 Å². The number of nitro benzene ring substituents is 1. The molecule has 0 spiro atoms. The molecule has 7 heteroatoms. The molecule has 0 atom stereocenters. The summed E-state index contributed by atoms with van der Waals surface area (Å²) in [5.74, 6) is -2.28. The van der Waals surface area contributed by atoms with E-state index in [0.29, 0.717) is 6.07 Å². The molecule has 0 saturated heterocycles. The summed E-state index contributed by atoms with van der Waals surface area (Å²) in [5.41, 5.74) is -0.567. The Hall–Kier alpha value is -2.83. The van der Waals surface area contributed by atoms with Gasteiger partial charge >= 0.3 is 0 Å². The molecule has 5 nitrogen and oxygen atoms in total. The Morgan fingerprint density at radius 2 is 1.90 bits per heavy atom. The zero-order valence-corrected chi connectivity index (χ0v) is 10.8. The Labute approximate surface area is 117 Å². The highest BCUT2D eigenvalue weighted by Crippen LogP contribution is 2.32. The number of nitrogens with zero attached hydrogens (tertiary/aromatic N) is 1. The summed E-state index contributed by atoms with van der Waals surface area (Å²) in [6.45, 7) is 1.41. The molecule has 0 bridgehead atoms. The number of hydrogen-bond donors (Lipinski definition) is 0. The zero-order chi connectivity index (χ0) is 15.6. The largest absolute Gasteiger partial charge is 0.453 e. The van der Waals surface area contributed by atoms with Crippen LogP contribution in [0.25, 0.3) is 0 Å². The van der Waals surface area contributed by atoms with Gasteiger partial charge in [-0.05, 0) is 25.1 Å². The highest BCUT2D eigenvalue weighted by Gasteiger charge is 2.18. The van der Waals surface area contributed by atoms with Crippen LogP contribution >= 0.6 is 0 Å². The van der Waals surface area contributed by atoms with Crippen molar-refractivity contribution in [1.29, 1.82) is 0 Å². The number of aldehydes is 1. The van der Waals surface area contributed by atoms with E-state index in [1.165, 1.54) is 19.1 Å². The zero-order valence-electron chi connectivity index (χ0n) is 10.8. The SMILES string of the molecule is Cc1cc(Oc2cccc(F)c2C=O)c(F)cc1[N+](=O)[O-]. The first-order valence-corrected chi connectivity index (χ1v) is 5.80. The normalized spacial score (nSPS) is 10.2. The van der Waals surface area contributed by atoms with Crippen molar-refractivity contribution in [2.75, 3.05) is 0 Å². The van der Waals surface area contributed by atoms with Gasteiger partial charge in [-0.15, -0.1) is 0 Å². The van der Waals surface area contributed by atoms with Crippen molar-refractivity contribution in [3.05, 3.63) is 63.2 Å². The van der Waals surface area contributed by atoms with Crippen LogP contribution in [0.5, 0.6) is 11.5 Å². The number of carbonyl (C=O) groups is 1. The third kappa shape index (κ3) is 2.86. The molecule has 108 valence electrons. The van der Waals surface area contributed by atoms with Gasteiger partial charge in [-0.3, -0.25) is 14.9 Å². The van der Waals surface area contributed by atoms with Crippen LogP contribution in [0.4, 0.5) is 14.5 Å². The van der Waals surface area contributed by atoms with Crippen molar-refractivity contribution in [3.8, 4) is 11.5 Å². The molecule has 0 aliphatic heterocycles. The molecule has 2 rings (SSSR count). The predicted octanol–water partition coefficient (Wildman–Crippen LogP) is 3.79. The lowest BCUT2D eigenvalue weighted by molar-refractivity contribution is -0.385. The molecule has 0 N–H and O–H groups in total. The first-order chi connectivity index (χ1) is 9.93. The van der Waals surface area contributed by atoms with E-state index >= 15 is 0 Å². The average Bonchev–Trinajstić information content (AvgIpc) is 2.42. The van der Waals surface area contributed by atoms with E-state index in [2.05, 4.69) is 0 Å². The Morgan fingerprint density at radius 3 is 2.52 bits per heavy atom. The van der Waals surface area contributed by atoms with Gasteiger partial charge < -0.3 is 4.74 Å². The Bertz CT molecular complexity index is 731. The van der Waals surface area contributed by atoms with E-state index in [1.807, 2.05) is 0 Å². The number of halogens is 2. The van der Waals surface area contributed by atoms with E-state index in [0.717, 1.165) is 12.1 Å². The van der Waals surface area contributed by atoms with Gasteiger partial charge in [0.15, 0.2) is 17.9 Å². The molecule has 0 aliphatic rings. The van der Waals surface area contributed by atoms with Gasteiger partial charge in [0, 0.05) is 5.56 Å². The summed E-state index contributed by atoms with van der Waals surface area (Å²) < 4.78 is 32.4. The smallest absolute Gasteiger partial charge is 0.275 e. The van der Waals surface area contributed by atoms with Crippen molar-refractivity contribution in [1.82, 2.24) is 0 Å². The number of nitro groups is 1. The molecule has 0 fully saturated rings. The number of carbonyl (C=O) groups excluding carboxylic acids is 1. The summed E-state index contributed by atoms with van der Waals surface area (Å²) in [7, 11) is 0. The first-order valence-electron chi connectivity index (χ1n) is 5.80. The van der Waals surface area contributed by atoms with Crippen LogP contribution in [0.1, 0.15) is 15.9 Å². The summed E-state index contributed by atoms with van der Waals surface area (Å²) in [4.78, 5) is 20.8. The van der Waals surface area contributed by atoms with Crippen LogP contribution in [0.3, 0.4) is 0 Å². The lowest BCUT2D eigenvalue weighted by Crippen LogP contribution is -1.98. The van der Waals surface area contributed by atoms with Crippen LogP contribution in [0, 0.1) is 28.7 Å². The molecular formula is C14H9F2NO4. The van der Waals surface area contributed by atoms with Crippen molar-refractivity contribution < 1.29 is 23.2 Å². The van der Waals surface area contributed by atoms with E-state index in [4.69, 9.17) is 4.74 Å². The Balaban J connectivity index is 2.46. The minimum atomic E-state index is -0.978. The van der Waals surface area contributed by atoms with E-state index < -0.39 is 22.2 Å². The third-order valence-corrected chi connectivity index (χ3v) is 2.80. The van der Waals surface area contributed by atoms with Crippen LogP contribution in [-0.2, 0) is 0 Å². The fourth-order valence-corrected chi connectivity index (χ4v) is 1.76. The maximum absolute atomic E-state index is 13.8. The molecule has 0 aliphatic carbocycles. The maximum atomic E-state index is 13.8. The van der Waals surface area contributed by atoms with Crippen LogP contribution in [0.2, 0.25) is 0 Å². The monoisotopic (exact) mass is 293 g/mol. The second-order valence-electron chi connectivity index (χ2n) is 4.20. The summed E-state index contributed by atoms with van der Waals surface area (Å²) >= 11 is 0. The molecule has 0 amide bonds. The number of ether oxygens (including phenoxy) is 1.